The zero-order valence-corrected chi connectivity index (χ0v) is 12.3. The Hall–Kier alpha value is -2.42. The molecule has 0 atom stereocenters. The molecule has 22 heavy (non-hydrogen) atoms. The molecule has 0 saturated heterocycles. The number of methoxy groups -OCH3 is 1. The molecule has 0 amide bonds. The Morgan fingerprint density at radius 3 is 2.64 bits per heavy atom. The quantitative estimate of drug-likeness (QED) is 0.278. The molecule has 2 rings (SSSR count). The first-order valence-electron chi connectivity index (χ1n) is 6.05. The number of ether oxygens (including phenoxy) is 1. The van der Waals surface area contributed by atoms with E-state index in [0.29, 0.717) is 11.4 Å². The number of nitrogens with zero attached hydrogens (tertiary/aromatic N) is 2. The average Bonchev–Trinajstić information content (AvgIpc) is 2.54. The molecule has 0 bridgehead atoms. The van der Waals surface area contributed by atoms with E-state index in [1.165, 1.54) is 7.11 Å². The molecule has 0 unspecified atom stereocenters. The molecule has 9 heteroatoms. The molecule has 0 saturated carbocycles. The van der Waals surface area contributed by atoms with Gasteiger partial charge in [0.1, 0.15) is 5.11 Å². The minimum Gasteiger partial charge on any atom is -0.494 e. The third-order valence-corrected chi connectivity index (χ3v) is 2.94. The zero-order valence-electron chi connectivity index (χ0n) is 11.5. The lowest BCUT2D eigenvalue weighted by Crippen LogP contribution is -1.92. The van der Waals surface area contributed by atoms with Crippen molar-refractivity contribution in [2.24, 2.45) is 5.11 Å². The van der Waals surface area contributed by atoms with Crippen LogP contribution in [-0.4, -0.2) is 12.4 Å². The summed E-state index contributed by atoms with van der Waals surface area (Å²) in [7, 11) is -0.776. The van der Waals surface area contributed by atoms with E-state index in [2.05, 4.69) is 24.0 Å². The number of hydrogen-bond acceptors (Lipinski definition) is 8. The van der Waals surface area contributed by atoms with Crippen LogP contribution >= 0.6 is 0 Å². The molecule has 2 N–H and O–H groups in total. The maximum Gasteiger partial charge on any atom is 0.297 e. The van der Waals surface area contributed by atoms with Crippen LogP contribution in [0.5, 0.6) is 5.75 Å². The Bertz CT molecular complexity index is 741. The van der Waals surface area contributed by atoms with Gasteiger partial charge < -0.3 is 14.3 Å². The van der Waals surface area contributed by atoms with Crippen LogP contribution in [0.3, 0.4) is 0 Å². The molecule has 8 nitrogen and oxygen atoms in total. The minimum absolute atomic E-state index is 0.344. The van der Waals surface area contributed by atoms with Crippen LogP contribution in [0.4, 0.5) is 17.1 Å². The van der Waals surface area contributed by atoms with Crippen LogP contribution in [0.2, 0.25) is 0 Å². The Balaban J connectivity index is 2.24. The van der Waals surface area contributed by atoms with Gasteiger partial charge in [-0.15, -0.1) is 0 Å². The predicted molar refractivity (Wildman–Crippen MR) is 79.8 cm³/mol. The maximum atomic E-state index is 11.0. The van der Waals surface area contributed by atoms with E-state index >= 15 is 0 Å². The largest absolute Gasteiger partial charge is 0.494 e. The topological polar surface area (TPSA) is 103 Å². The smallest absolute Gasteiger partial charge is 0.297 e. The molecular formula is C13H13N3O5S. The van der Waals surface area contributed by atoms with E-state index in [9.17, 15) is 4.21 Å². The Labute approximate surface area is 128 Å². The van der Waals surface area contributed by atoms with Gasteiger partial charge in [-0.25, -0.2) is 9.59 Å². The first-order valence-corrected chi connectivity index (χ1v) is 7.08. The summed E-state index contributed by atoms with van der Waals surface area (Å²) >= 11 is 0. The Morgan fingerprint density at radius 1 is 1.18 bits per heavy atom. The Kier molecular flexibility index (Phi) is 5.90. The summed E-state index contributed by atoms with van der Waals surface area (Å²) in [5.74, 6) is 0.423. The molecule has 0 spiro atoms. The molecule has 0 aromatic heterocycles. The molecule has 0 aliphatic rings. The van der Waals surface area contributed by atoms with Crippen molar-refractivity contribution < 1.29 is 23.6 Å². The number of para-hydroxylation sites is 1. The first-order chi connectivity index (χ1) is 10.7. The van der Waals surface area contributed by atoms with Crippen molar-refractivity contribution in [2.75, 3.05) is 12.4 Å². The van der Waals surface area contributed by atoms with Crippen molar-refractivity contribution in [2.45, 2.75) is 0 Å². The maximum absolute atomic E-state index is 11.0. The van der Waals surface area contributed by atoms with Crippen molar-refractivity contribution in [3.63, 3.8) is 0 Å². The van der Waals surface area contributed by atoms with Gasteiger partial charge in [0.2, 0.25) is 0 Å². The van der Waals surface area contributed by atoms with E-state index in [0.717, 1.165) is 11.4 Å². The lowest BCUT2D eigenvalue weighted by molar-refractivity contribution is -0.434. The van der Waals surface area contributed by atoms with Crippen molar-refractivity contribution in [3.8, 4) is 5.75 Å². The number of nitrogens with one attached hydrogen (secondary N) is 1. The second kappa shape index (κ2) is 8.13. The minimum atomic E-state index is -2.25. The standard InChI is InChI=1S/C13H13N3O5S/c1-19-13-9-11(14-10-5-3-2-4-6-10)7-8-12(13)15-16-22(18)21-20-17/h2-9,14,17H,1H3. The van der Waals surface area contributed by atoms with Gasteiger partial charge in [0, 0.05) is 17.4 Å². The summed E-state index contributed by atoms with van der Waals surface area (Å²) < 4.78 is 23.4. The monoisotopic (exact) mass is 323 g/mol. The van der Waals surface area contributed by atoms with Gasteiger partial charge in [0.05, 0.1) is 7.11 Å². The zero-order chi connectivity index (χ0) is 15.8. The molecular weight excluding hydrogens is 310 g/mol. The summed E-state index contributed by atoms with van der Waals surface area (Å²) in [6.45, 7) is 0. The van der Waals surface area contributed by atoms with Crippen LogP contribution in [-0.2, 0) is 24.5 Å². The van der Waals surface area contributed by atoms with Crippen LogP contribution in [0.1, 0.15) is 0 Å². The van der Waals surface area contributed by atoms with Gasteiger partial charge in [-0.2, -0.15) is 0 Å². The molecule has 2 aromatic rings. The third-order valence-electron chi connectivity index (χ3n) is 2.55. The summed E-state index contributed by atoms with van der Waals surface area (Å²) in [5, 5.41) is 18.1. The van der Waals surface area contributed by atoms with Crippen LogP contribution < -0.4 is 14.2 Å². The van der Waals surface area contributed by atoms with Crippen molar-refractivity contribution >= 4 is 27.9 Å². The van der Waals surface area contributed by atoms with Gasteiger partial charge in [-0.1, -0.05) is 23.2 Å². The van der Waals surface area contributed by atoms with E-state index in [4.69, 9.17) is 9.99 Å². The molecule has 0 fully saturated rings. The fraction of sp³-hybridized carbons (Fsp3) is 0.0769. The molecule has 0 radical (unpaired) electrons. The van der Waals surface area contributed by atoms with Crippen molar-refractivity contribution in [1.82, 2.24) is 4.16 Å². The SMILES string of the molecule is COc1cc(Nc2ccccc2)ccc1N=[N+]=[S-](=O)OOO. The van der Waals surface area contributed by atoms with Crippen LogP contribution in [0, 0.1) is 0 Å². The van der Waals surface area contributed by atoms with E-state index in [-0.39, 0.29) is 0 Å². The second-order valence-corrected chi connectivity index (χ2v) is 4.65. The van der Waals surface area contributed by atoms with Crippen molar-refractivity contribution in [3.05, 3.63) is 48.5 Å². The fourth-order valence-corrected chi connectivity index (χ4v) is 1.88. The van der Waals surface area contributed by atoms with Crippen LogP contribution in [0.25, 0.3) is 0 Å². The van der Waals surface area contributed by atoms with Gasteiger partial charge in [-0.05, 0) is 28.4 Å². The highest BCUT2D eigenvalue weighted by Gasteiger charge is 2.07. The highest BCUT2D eigenvalue weighted by atomic mass is 32.2. The molecule has 2 aromatic carbocycles. The van der Waals surface area contributed by atoms with Crippen LogP contribution in [0.15, 0.2) is 53.6 Å². The summed E-state index contributed by atoms with van der Waals surface area (Å²) in [5.41, 5.74) is 2.06. The second-order valence-electron chi connectivity index (χ2n) is 3.92. The normalized spacial score (nSPS) is 10.1. The highest BCUT2D eigenvalue weighted by Crippen LogP contribution is 2.31. The Morgan fingerprint density at radius 2 is 1.95 bits per heavy atom. The predicted octanol–water partition coefficient (Wildman–Crippen LogP) is 3.07. The summed E-state index contributed by atoms with van der Waals surface area (Å²) in [6.07, 6.45) is 0. The first kappa shape index (κ1) is 16.0. The molecule has 0 aliphatic heterocycles. The third kappa shape index (κ3) is 4.55. The van der Waals surface area contributed by atoms with Gasteiger partial charge in [0.25, 0.3) is 10.9 Å². The molecule has 0 aliphatic carbocycles. The number of anilines is 2. The van der Waals surface area contributed by atoms with E-state index in [1.54, 1.807) is 18.2 Å². The lowest BCUT2D eigenvalue weighted by atomic mass is 10.2. The van der Waals surface area contributed by atoms with Gasteiger partial charge in [0.15, 0.2) is 11.4 Å². The fourth-order valence-electron chi connectivity index (χ4n) is 1.64. The number of rotatable bonds is 6. The van der Waals surface area contributed by atoms with E-state index in [1.807, 2.05) is 30.3 Å². The molecule has 0 heterocycles. The summed E-state index contributed by atoms with van der Waals surface area (Å²) in [4.78, 5) is 0. The summed E-state index contributed by atoms with van der Waals surface area (Å²) in [6, 6.07) is 14.7. The van der Waals surface area contributed by atoms with Crippen molar-refractivity contribution in [1.29, 1.82) is 0 Å². The molecule has 116 valence electrons. The van der Waals surface area contributed by atoms with Gasteiger partial charge >= 0.3 is 0 Å². The lowest BCUT2D eigenvalue weighted by Gasteiger charge is -2.08. The van der Waals surface area contributed by atoms with E-state index < -0.39 is 10.9 Å². The highest BCUT2D eigenvalue weighted by molar-refractivity contribution is 7.68. The number of benzene rings is 2. The number of hydrogen-bond donors (Lipinski definition) is 2. The van der Waals surface area contributed by atoms with Gasteiger partial charge in [-0.3, -0.25) is 0 Å². The average molecular weight is 323 g/mol.